The molecule has 1 aliphatic carbocycles. The third-order valence-electron chi connectivity index (χ3n) is 12.8. The number of aliphatic hydroxyl groups excluding tert-OH is 1. The molecule has 0 aromatic heterocycles. The second kappa shape index (κ2) is 20.7. The zero-order chi connectivity index (χ0) is 41.5. The van der Waals surface area contributed by atoms with E-state index < -0.39 is 77.8 Å². The lowest BCUT2D eigenvalue weighted by Crippen LogP contribution is -2.64. The third-order valence-corrected chi connectivity index (χ3v) is 13.3. The molecule has 1 amide bonds. The van der Waals surface area contributed by atoms with Crippen LogP contribution < -0.4 is 0 Å². The minimum atomic E-state index is -2.49. The van der Waals surface area contributed by atoms with Gasteiger partial charge in [0, 0.05) is 52.0 Å². The molecule has 4 unspecified atom stereocenters. The van der Waals surface area contributed by atoms with E-state index in [9.17, 15) is 29.4 Å². The number of fused-ring (bicyclic) bond motifs is 3. The lowest BCUT2D eigenvalue weighted by Gasteiger charge is -2.47. The molecule has 0 spiro atoms. The quantitative estimate of drug-likeness (QED) is 0.146. The fraction of sp³-hybridized carbons (Fsp3) is 0.814. The molecule has 3 fully saturated rings. The third kappa shape index (κ3) is 10.9. The molecule has 0 aromatic carbocycles. The Hall–Kier alpha value is -2.19. The van der Waals surface area contributed by atoms with E-state index in [4.69, 9.17) is 35.3 Å². The number of allylic oxidation sites excluding steroid dienone is 3. The number of Topliss-reactive ketones (excluding diaryl/α,β-unsaturated/α-hetero) is 2. The molecule has 1 saturated carbocycles. The molecular weight excluding hydrogens is 742 g/mol. The Balaban J connectivity index is 1.76. The van der Waals surface area contributed by atoms with Gasteiger partial charge in [-0.2, -0.15) is 0 Å². The van der Waals surface area contributed by atoms with Gasteiger partial charge >= 0.3 is 5.97 Å². The molecule has 2 N–H and O–H groups in total. The van der Waals surface area contributed by atoms with Crippen LogP contribution in [-0.2, 0) is 42.9 Å². The first-order valence-corrected chi connectivity index (χ1v) is 21.2. The summed E-state index contributed by atoms with van der Waals surface area (Å²) in [6.45, 7) is 11.3. The minimum Gasteiger partial charge on any atom is -0.456 e. The van der Waals surface area contributed by atoms with Crippen molar-refractivity contribution in [2.45, 2.75) is 166 Å². The standard InChI is InChI=1S/C43H68ClNO11/c1-10-30-18-24(2)17-25(3)19-36(53-8)39-37(54-9)21-27(5)43(51,56-39)40(48)41(49)45-16-12-11-13-32(45)42(50)55-38(28(6)33(46)23-34(30)47)26(4)20-29-14-15-31(44)35(22-29)52-7/h18,20,25,27-33,35-39,46,51H,10-17,19,21-23H2,1-9H3/b24-18+,26-20+/t25-,27?,28?,29?,30+,31-,32-,33?,35+,36-,37-,38+,39+,43+/m0/s1. The van der Waals surface area contributed by atoms with Gasteiger partial charge in [0.15, 0.2) is 0 Å². The molecule has 13 heteroatoms. The molecule has 4 aliphatic rings. The van der Waals surface area contributed by atoms with Crippen LogP contribution in [0.2, 0.25) is 0 Å². The fourth-order valence-corrected chi connectivity index (χ4v) is 9.69. The van der Waals surface area contributed by atoms with Crippen molar-refractivity contribution in [1.29, 1.82) is 0 Å². The van der Waals surface area contributed by atoms with Crippen LogP contribution in [0.15, 0.2) is 23.3 Å². The number of hydrogen-bond acceptors (Lipinski definition) is 11. The molecule has 14 atom stereocenters. The predicted molar refractivity (Wildman–Crippen MR) is 212 cm³/mol. The number of hydrogen-bond donors (Lipinski definition) is 2. The summed E-state index contributed by atoms with van der Waals surface area (Å²) in [5, 5.41) is 23.6. The van der Waals surface area contributed by atoms with Crippen LogP contribution in [0.25, 0.3) is 0 Å². The molecular formula is C43H68ClNO11. The Labute approximate surface area is 339 Å². The van der Waals surface area contributed by atoms with Crippen molar-refractivity contribution >= 4 is 35.0 Å². The molecule has 3 aliphatic heterocycles. The molecule has 56 heavy (non-hydrogen) atoms. The molecule has 4 rings (SSSR count). The number of nitrogens with zero attached hydrogens (tertiary/aromatic N) is 1. The zero-order valence-electron chi connectivity index (χ0n) is 35.0. The van der Waals surface area contributed by atoms with Crippen LogP contribution in [0.3, 0.4) is 0 Å². The number of esters is 1. The van der Waals surface area contributed by atoms with Crippen LogP contribution >= 0.6 is 11.6 Å². The molecule has 318 valence electrons. The smallest absolute Gasteiger partial charge is 0.329 e. The van der Waals surface area contributed by atoms with Crippen LogP contribution in [0.5, 0.6) is 0 Å². The van der Waals surface area contributed by atoms with Gasteiger partial charge in [-0.3, -0.25) is 14.4 Å². The summed E-state index contributed by atoms with van der Waals surface area (Å²) >= 11 is 6.52. The highest BCUT2D eigenvalue weighted by molar-refractivity contribution is 6.39. The van der Waals surface area contributed by atoms with Gasteiger partial charge in [0.1, 0.15) is 24.0 Å². The number of carbonyl (C=O) groups excluding carboxylic acids is 4. The number of ketones is 2. The number of methoxy groups -OCH3 is 3. The number of rotatable bonds is 6. The average molecular weight is 810 g/mol. The normalized spacial score (nSPS) is 41.6. The maximum Gasteiger partial charge on any atom is 0.329 e. The average Bonchev–Trinajstić information content (AvgIpc) is 3.18. The maximum absolute atomic E-state index is 14.3. The Morgan fingerprint density at radius 3 is 2.27 bits per heavy atom. The van der Waals surface area contributed by atoms with Gasteiger partial charge in [0.25, 0.3) is 11.7 Å². The van der Waals surface area contributed by atoms with Gasteiger partial charge in [-0.15, -0.1) is 11.6 Å². The Kier molecular flexibility index (Phi) is 17.2. The Morgan fingerprint density at radius 2 is 1.62 bits per heavy atom. The number of halogens is 1. The van der Waals surface area contributed by atoms with Crippen molar-refractivity contribution in [3.8, 4) is 0 Å². The SMILES string of the molecule is CC[C@@H]1/C=C(\C)C[C@H](C)C[C@H](OC)[C@H]2O[C@@](O)(C(=O)C(=O)N3CCCC[C@H]3C(=O)O[C@H](/C(C)=C/C3CC[C@H](Cl)[C@H](OC)C3)C(C)C(O)CC1=O)C(C)C[C@@H]2OC. The number of aliphatic hydroxyl groups is 2. The first-order chi connectivity index (χ1) is 26.5. The Bertz CT molecular complexity index is 1440. The van der Waals surface area contributed by atoms with Crippen molar-refractivity contribution in [3.05, 3.63) is 23.3 Å². The van der Waals surface area contributed by atoms with Crippen molar-refractivity contribution in [3.63, 3.8) is 0 Å². The summed E-state index contributed by atoms with van der Waals surface area (Å²) in [6, 6.07) is -1.12. The van der Waals surface area contributed by atoms with E-state index in [0.29, 0.717) is 44.1 Å². The number of amides is 1. The highest BCUT2D eigenvalue weighted by Gasteiger charge is 2.56. The lowest BCUT2D eigenvalue weighted by atomic mass is 9.82. The van der Waals surface area contributed by atoms with Gasteiger partial charge in [0.2, 0.25) is 5.79 Å². The monoisotopic (exact) mass is 809 g/mol. The summed E-state index contributed by atoms with van der Waals surface area (Å²) in [4.78, 5) is 57.7. The van der Waals surface area contributed by atoms with Crippen molar-refractivity contribution in [1.82, 2.24) is 4.90 Å². The van der Waals surface area contributed by atoms with Crippen LogP contribution in [0.4, 0.5) is 0 Å². The molecule has 2 saturated heterocycles. The molecule has 2 bridgehead atoms. The van der Waals surface area contributed by atoms with E-state index in [1.807, 2.05) is 32.9 Å². The number of cyclic esters (lactones) is 1. The van der Waals surface area contributed by atoms with Crippen LogP contribution in [-0.4, -0.2) is 120 Å². The highest BCUT2D eigenvalue weighted by atomic mass is 35.5. The second-order valence-electron chi connectivity index (χ2n) is 17.1. The second-order valence-corrected chi connectivity index (χ2v) is 17.7. The summed E-state index contributed by atoms with van der Waals surface area (Å²) in [7, 11) is 4.71. The number of alkyl halides is 1. The van der Waals surface area contributed by atoms with Gasteiger partial charge < -0.3 is 38.8 Å². The summed E-state index contributed by atoms with van der Waals surface area (Å²) < 4.78 is 29.9. The number of piperidine rings is 1. The highest BCUT2D eigenvalue weighted by Crippen LogP contribution is 2.39. The molecule has 0 radical (unpaired) electrons. The van der Waals surface area contributed by atoms with Crippen molar-refractivity contribution in [2.24, 2.45) is 29.6 Å². The topological polar surface area (TPSA) is 158 Å². The fourth-order valence-electron chi connectivity index (χ4n) is 9.36. The van der Waals surface area contributed by atoms with Gasteiger partial charge in [0.05, 0.1) is 29.8 Å². The Morgan fingerprint density at radius 1 is 0.964 bits per heavy atom. The maximum atomic E-state index is 14.3. The van der Waals surface area contributed by atoms with Gasteiger partial charge in [-0.25, -0.2) is 4.79 Å². The first kappa shape index (κ1) is 46.5. The van der Waals surface area contributed by atoms with Gasteiger partial charge in [-0.1, -0.05) is 45.4 Å². The largest absolute Gasteiger partial charge is 0.456 e. The molecule has 12 nitrogen and oxygen atoms in total. The first-order valence-electron chi connectivity index (χ1n) is 20.7. The lowest BCUT2D eigenvalue weighted by molar-refractivity contribution is -0.302. The van der Waals surface area contributed by atoms with E-state index in [0.717, 1.165) is 18.4 Å². The number of carbonyl (C=O) groups is 4. The van der Waals surface area contributed by atoms with Crippen molar-refractivity contribution < 1.29 is 53.1 Å². The van der Waals surface area contributed by atoms with Crippen molar-refractivity contribution in [2.75, 3.05) is 27.9 Å². The molecule has 0 aromatic rings. The zero-order valence-corrected chi connectivity index (χ0v) is 35.8. The molecule has 3 heterocycles. The van der Waals surface area contributed by atoms with E-state index >= 15 is 0 Å². The van der Waals surface area contributed by atoms with E-state index in [1.54, 1.807) is 21.0 Å². The summed E-state index contributed by atoms with van der Waals surface area (Å²) in [5.41, 5.74) is 1.71. The van der Waals surface area contributed by atoms with Crippen LogP contribution in [0, 0.1) is 29.6 Å². The van der Waals surface area contributed by atoms with E-state index in [1.165, 1.54) is 19.1 Å². The van der Waals surface area contributed by atoms with E-state index in [2.05, 4.69) is 6.92 Å². The minimum absolute atomic E-state index is 0.0425. The predicted octanol–water partition coefficient (Wildman–Crippen LogP) is 5.72. The summed E-state index contributed by atoms with van der Waals surface area (Å²) in [5.74, 6) is -7.31. The number of ether oxygens (including phenoxy) is 5. The van der Waals surface area contributed by atoms with Gasteiger partial charge in [-0.05, 0) is 95.5 Å². The van der Waals surface area contributed by atoms with Crippen LogP contribution in [0.1, 0.15) is 112 Å². The summed E-state index contributed by atoms with van der Waals surface area (Å²) in [6.07, 6.45) is 5.16. The van der Waals surface area contributed by atoms with E-state index in [-0.39, 0.29) is 54.9 Å².